The Morgan fingerprint density at radius 1 is 1.04 bits per heavy atom. The number of benzene rings is 2. The maximum Gasteiger partial charge on any atom is 0.125 e. The molecule has 0 saturated heterocycles. The third-order valence-electron chi connectivity index (χ3n) is 5.09. The zero-order valence-corrected chi connectivity index (χ0v) is 14.7. The molecular formula is C21H23N5. The lowest BCUT2D eigenvalue weighted by atomic mass is 9.95. The van der Waals surface area contributed by atoms with Crippen molar-refractivity contribution in [1.29, 1.82) is 10.8 Å². The molecule has 0 saturated carbocycles. The third kappa shape index (κ3) is 3.08. The summed E-state index contributed by atoms with van der Waals surface area (Å²) in [5.74, 6) is 0.468. The van der Waals surface area contributed by atoms with Gasteiger partial charge in [-0.1, -0.05) is 18.2 Å². The van der Waals surface area contributed by atoms with Crippen LogP contribution in [0.5, 0.6) is 0 Å². The third-order valence-corrected chi connectivity index (χ3v) is 5.09. The zero-order chi connectivity index (χ0) is 18.1. The van der Waals surface area contributed by atoms with E-state index >= 15 is 0 Å². The van der Waals surface area contributed by atoms with Crippen LogP contribution in [0.1, 0.15) is 40.8 Å². The summed E-state index contributed by atoms with van der Waals surface area (Å²) in [6.45, 7) is 0.531. The van der Waals surface area contributed by atoms with Gasteiger partial charge in [0, 0.05) is 34.3 Å². The summed E-state index contributed by atoms with van der Waals surface area (Å²) in [7, 11) is 0. The molecule has 1 aliphatic rings. The number of aromatic nitrogens is 1. The summed E-state index contributed by atoms with van der Waals surface area (Å²) in [6, 6.07) is 13.8. The number of rotatable bonds is 4. The van der Waals surface area contributed by atoms with Gasteiger partial charge in [-0.3, -0.25) is 10.8 Å². The van der Waals surface area contributed by atoms with Crippen LogP contribution in [-0.2, 0) is 19.4 Å². The molecule has 2 aromatic carbocycles. The van der Waals surface area contributed by atoms with Gasteiger partial charge in [-0.05, 0) is 61.1 Å². The second-order valence-electron chi connectivity index (χ2n) is 6.89. The minimum Gasteiger partial charge on any atom is -0.384 e. The maximum atomic E-state index is 8.40. The molecule has 1 heterocycles. The first-order chi connectivity index (χ1) is 12.6. The molecule has 0 amide bonds. The SMILES string of the molecule is N=C(N)c1cccc(CNC(=N)c2ccc3[nH]c4c(c3c2)CCCC4)c1. The van der Waals surface area contributed by atoms with Crippen LogP contribution in [0.15, 0.2) is 42.5 Å². The van der Waals surface area contributed by atoms with Crippen molar-refractivity contribution in [3.63, 3.8) is 0 Å². The molecule has 6 N–H and O–H groups in total. The van der Waals surface area contributed by atoms with Crippen molar-refractivity contribution in [2.45, 2.75) is 32.2 Å². The van der Waals surface area contributed by atoms with E-state index in [-0.39, 0.29) is 5.84 Å². The highest BCUT2D eigenvalue weighted by molar-refractivity contribution is 6.00. The Morgan fingerprint density at radius 3 is 2.73 bits per heavy atom. The van der Waals surface area contributed by atoms with Gasteiger partial charge < -0.3 is 16.0 Å². The quantitative estimate of drug-likeness (QED) is 0.369. The Bertz CT molecular complexity index is 999. The lowest BCUT2D eigenvalue weighted by Gasteiger charge is -2.11. The molecule has 5 nitrogen and oxygen atoms in total. The van der Waals surface area contributed by atoms with Crippen LogP contribution >= 0.6 is 0 Å². The lowest BCUT2D eigenvalue weighted by Crippen LogP contribution is -2.23. The van der Waals surface area contributed by atoms with Crippen LogP contribution in [0, 0.1) is 10.8 Å². The minimum atomic E-state index is 0.0598. The van der Waals surface area contributed by atoms with Gasteiger partial charge >= 0.3 is 0 Å². The molecule has 0 spiro atoms. The first-order valence-corrected chi connectivity index (χ1v) is 9.01. The van der Waals surface area contributed by atoms with E-state index in [1.807, 2.05) is 30.3 Å². The molecule has 0 aliphatic heterocycles. The van der Waals surface area contributed by atoms with E-state index in [2.05, 4.69) is 22.4 Å². The van der Waals surface area contributed by atoms with Crippen molar-refractivity contribution in [3.05, 3.63) is 70.4 Å². The smallest absolute Gasteiger partial charge is 0.125 e. The van der Waals surface area contributed by atoms with Gasteiger partial charge in [0.1, 0.15) is 11.7 Å². The summed E-state index contributed by atoms with van der Waals surface area (Å²) in [4.78, 5) is 3.53. The number of nitrogen functional groups attached to an aromatic ring is 1. The molecule has 0 bridgehead atoms. The highest BCUT2D eigenvalue weighted by Crippen LogP contribution is 2.29. The van der Waals surface area contributed by atoms with Crippen molar-refractivity contribution in [2.75, 3.05) is 0 Å². The Balaban J connectivity index is 1.53. The van der Waals surface area contributed by atoms with Crippen LogP contribution in [-0.4, -0.2) is 16.7 Å². The Labute approximate surface area is 152 Å². The van der Waals surface area contributed by atoms with Gasteiger partial charge in [-0.2, -0.15) is 0 Å². The average Bonchev–Trinajstić information content (AvgIpc) is 3.04. The molecule has 1 aliphatic carbocycles. The van der Waals surface area contributed by atoms with Crippen LogP contribution in [0.3, 0.4) is 0 Å². The van der Waals surface area contributed by atoms with E-state index < -0.39 is 0 Å². The van der Waals surface area contributed by atoms with Crippen LogP contribution in [0.2, 0.25) is 0 Å². The van der Waals surface area contributed by atoms with Gasteiger partial charge in [0.2, 0.25) is 0 Å². The summed E-state index contributed by atoms with van der Waals surface area (Å²) in [6.07, 6.45) is 4.74. The second kappa shape index (κ2) is 6.67. The number of hydrogen-bond acceptors (Lipinski definition) is 2. The van der Waals surface area contributed by atoms with Gasteiger partial charge in [-0.25, -0.2) is 0 Å². The van der Waals surface area contributed by atoms with E-state index in [0.29, 0.717) is 17.9 Å². The fourth-order valence-corrected chi connectivity index (χ4v) is 3.70. The van der Waals surface area contributed by atoms with Crippen molar-refractivity contribution in [1.82, 2.24) is 10.3 Å². The first-order valence-electron chi connectivity index (χ1n) is 9.01. The fourth-order valence-electron chi connectivity index (χ4n) is 3.70. The minimum absolute atomic E-state index is 0.0598. The second-order valence-corrected chi connectivity index (χ2v) is 6.89. The number of nitrogens with one attached hydrogen (secondary N) is 4. The molecule has 132 valence electrons. The number of hydrogen-bond donors (Lipinski definition) is 5. The number of fused-ring (bicyclic) bond motifs is 3. The van der Waals surface area contributed by atoms with Crippen LogP contribution < -0.4 is 11.1 Å². The van der Waals surface area contributed by atoms with Crippen molar-refractivity contribution >= 4 is 22.6 Å². The number of nitrogens with two attached hydrogens (primary N) is 1. The molecule has 4 rings (SSSR count). The zero-order valence-electron chi connectivity index (χ0n) is 14.7. The molecule has 0 unspecified atom stereocenters. The molecule has 1 aromatic heterocycles. The molecule has 0 fully saturated rings. The van der Waals surface area contributed by atoms with Gasteiger partial charge in [0.25, 0.3) is 0 Å². The Kier molecular flexibility index (Phi) is 4.21. The summed E-state index contributed by atoms with van der Waals surface area (Å²) < 4.78 is 0. The molecule has 5 heteroatoms. The highest BCUT2D eigenvalue weighted by Gasteiger charge is 2.16. The lowest BCUT2D eigenvalue weighted by molar-refractivity contribution is 0.680. The predicted molar refractivity (Wildman–Crippen MR) is 106 cm³/mol. The van der Waals surface area contributed by atoms with Crippen molar-refractivity contribution in [3.8, 4) is 0 Å². The number of amidine groups is 2. The standard InChI is InChI=1S/C21H23N5/c22-20(23)14-5-3-4-13(10-14)12-25-21(24)15-8-9-19-17(11-15)16-6-1-2-7-18(16)26-19/h3-5,8-11,26H,1-2,6-7,12H2,(H3,22,23)(H2,24,25). The van der Waals surface area contributed by atoms with Crippen LogP contribution in [0.25, 0.3) is 10.9 Å². The maximum absolute atomic E-state index is 8.40. The van der Waals surface area contributed by atoms with E-state index in [9.17, 15) is 0 Å². The highest BCUT2D eigenvalue weighted by atomic mass is 14.9. The van der Waals surface area contributed by atoms with E-state index in [1.54, 1.807) is 0 Å². The summed E-state index contributed by atoms with van der Waals surface area (Å²) in [5, 5.41) is 20.4. The molecular weight excluding hydrogens is 322 g/mol. The summed E-state index contributed by atoms with van der Waals surface area (Å²) >= 11 is 0. The molecule has 0 radical (unpaired) electrons. The average molecular weight is 345 g/mol. The van der Waals surface area contributed by atoms with Crippen LogP contribution in [0.4, 0.5) is 0 Å². The predicted octanol–water partition coefficient (Wildman–Crippen LogP) is 3.45. The molecule has 0 atom stereocenters. The topological polar surface area (TPSA) is 102 Å². The molecule has 26 heavy (non-hydrogen) atoms. The Hall–Kier alpha value is -3.08. The Morgan fingerprint density at radius 2 is 1.88 bits per heavy atom. The number of aromatic amines is 1. The largest absolute Gasteiger partial charge is 0.384 e. The molecule has 3 aromatic rings. The van der Waals surface area contributed by atoms with Gasteiger partial charge in [0.05, 0.1) is 0 Å². The number of H-pyrrole nitrogens is 1. The number of aryl methyl sites for hydroxylation is 2. The van der Waals surface area contributed by atoms with Crippen molar-refractivity contribution < 1.29 is 0 Å². The van der Waals surface area contributed by atoms with E-state index in [4.69, 9.17) is 16.6 Å². The fraction of sp³-hybridized carbons (Fsp3) is 0.238. The first kappa shape index (κ1) is 16.4. The normalized spacial score (nSPS) is 13.4. The van der Waals surface area contributed by atoms with Gasteiger partial charge in [-0.15, -0.1) is 0 Å². The summed E-state index contributed by atoms with van der Waals surface area (Å²) in [5.41, 5.74) is 12.1. The van der Waals surface area contributed by atoms with Gasteiger partial charge in [0.15, 0.2) is 0 Å². The van der Waals surface area contributed by atoms with E-state index in [0.717, 1.165) is 24.0 Å². The van der Waals surface area contributed by atoms with E-state index in [1.165, 1.54) is 35.0 Å². The van der Waals surface area contributed by atoms with Crippen molar-refractivity contribution in [2.24, 2.45) is 5.73 Å². The monoisotopic (exact) mass is 345 g/mol.